The fourth-order valence-corrected chi connectivity index (χ4v) is 2.97. The van der Waals surface area contributed by atoms with E-state index in [1.165, 1.54) is 0 Å². The molecular formula is C21H24N4O3. The summed E-state index contributed by atoms with van der Waals surface area (Å²) in [5.74, 6) is 1.17. The highest BCUT2D eigenvalue weighted by atomic mass is 16.5. The second-order valence-electron chi connectivity index (χ2n) is 6.33. The maximum absolute atomic E-state index is 12.6. The molecule has 1 aromatic heterocycles. The van der Waals surface area contributed by atoms with Crippen molar-refractivity contribution < 1.29 is 14.3 Å². The van der Waals surface area contributed by atoms with Gasteiger partial charge in [-0.15, -0.1) is 0 Å². The van der Waals surface area contributed by atoms with Crippen LogP contribution in [-0.4, -0.2) is 30.0 Å². The lowest BCUT2D eigenvalue weighted by atomic mass is 10.2. The van der Waals surface area contributed by atoms with E-state index < -0.39 is 0 Å². The molecule has 0 atom stereocenters. The molecule has 0 aliphatic heterocycles. The largest absolute Gasteiger partial charge is 0.497 e. The summed E-state index contributed by atoms with van der Waals surface area (Å²) in [6.07, 6.45) is 0. The van der Waals surface area contributed by atoms with Gasteiger partial charge in [-0.1, -0.05) is 30.3 Å². The minimum absolute atomic E-state index is 0.378. The molecule has 0 fully saturated rings. The Morgan fingerprint density at radius 3 is 2.46 bits per heavy atom. The Hall–Kier alpha value is -3.48. The number of benzene rings is 2. The Morgan fingerprint density at radius 2 is 1.79 bits per heavy atom. The van der Waals surface area contributed by atoms with Crippen LogP contribution in [0.1, 0.15) is 17.0 Å². The van der Waals surface area contributed by atoms with E-state index in [9.17, 15) is 4.79 Å². The third-order valence-corrected chi connectivity index (χ3v) is 4.45. The normalized spacial score (nSPS) is 10.4. The lowest BCUT2D eigenvalue weighted by molar-refractivity contribution is 0.262. The van der Waals surface area contributed by atoms with Crippen LogP contribution >= 0.6 is 0 Å². The zero-order valence-electron chi connectivity index (χ0n) is 16.4. The summed E-state index contributed by atoms with van der Waals surface area (Å²) >= 11 is 0. The molecule has 28 heavy (non-hydrogen) atoms. The number of carbonyl (C=O) groups is 1. The van der Waals surface area contributed by atoms with Crippen LogP contribution in [0, 0.1) is 13.8 Å². The Bertz CT molecular complexity index is 967. The fraction of sp³-hybridized carbons (Fsp3) is 0.238. The number of ether oxygens (including phenoxy) is 2. The molecule has 7 nitrogen and oxygen atoms in total. The van der Waals surface area contributed by atoms with E-state index in [2.05, 4.69) is 15.7 Å². The lowest BCUT2D eigenvalue weighted by Crippen LogP contribution is -2.20. The van der Waals surface area contributed by atoms with E-state index in [1.54, 1.807) is 32.4 Å². The summed E-state index contributed by atoms with van der Waals surface area (Å²) in [6, 6.07) is 14.9. The Balaban J connectivity index is 1.76. The van der Waals surface area contributed by atoms with Crippen LogP contribution in [0.15, 0.2) is 48.5 Å². The van der Waals surface area contributed by atoms with Gasteiger partial charge in [-0.2, -0.15) is 5.10 Å². The van der Waals surface area contributed by atoms with Crippen LogP contribution in [0.3, 0.4) is 0 Å². The molecule has 3 rings (SSSR count). The minimum Gasteiger partial charge on any atom is -0.497 e. The molecule has 3 aromatic rings. The Kier molecular flexibility index (Phi) is 5.84. The van der Waals surface area contributed by atoms with Crippen molar-refractivity contribution in [1.82, 2.24) is 9.78 Å². The number of nitrogens with one attached hydrogen (secondary N) is 2. The van der Waals surface area contributed by atoms with Crippen molar-refractivity contribution >= 4 is 17.4 Å². The van der Waals surface area contributed by atoms with Crippen molar-refractivity contribution in [3.8, 4) is 11.5 Å². The number of anilines is 2. The highest BCUT2D eigenvalue weighted by Gasteiger charge is 2.16. The van der Waals surface area contributed by atoms with E-state index in [4.69, 9.17) is 9.47 Å². The number of methoxy groups -OCH3 is 2. The molecule has 0 aliphatic rings. The topological polar surface area (TPSA) is 77.4 Å². The number of hydrogen-bond acceptors (Lipinski definition) is 4. The first-order valence-electron chi connectivity index (χ1n) is 8.89. The number of nitrogens with zero attached hydrogens (tertiary/aromatic N) is 2. The molecule has 2 N–H and O–H groups in total. The molecule has 0 aliphatic carbocycles. The second kappa shape index (κ2) is 8.47. The van der Waals surface area contributed by atoms with Gasteiger partial charge in [-0.25, -0.2) is 4.79 Å². The van der Waals surface area contributed by atoms with Crippen molar-refractivity contribution in [1.29, 1.82) is 0 Å². The molecule has 0 radical (unpaired) electrons. The third kappa shape index (κ3) is 4.25. The average molecular weight is 380 g/mol. The standard InChI is InChI=1S/C21H24N4O3/c1-14-20(15(2)25(24-14)13-16-8-6-5-7-9-16)23-21(26)22-18-12-17(27-3)10-11-19(18)28-4/h5-12H,13H2,1-4H3,(H2,22,23,26). The first kappa shape index (κ1) is 19.3. The smallest absolute Gasteiger partial charge is 0.323 e. The second-order valence-corrected chi connectivity index (χ2v) is 6.33. The van der Waals surface area contributed by atoms with E-state index in [0.717, 1.165) is 17.0 Å². The van der Waals surface area contributed by atoms with Crippen LogP contribution in [0.4, 0.5) is 16.2 Å². The quantitative estimate of drug-likeness (QED) is 0.672. The van der Waals surface area contributed by atoms with Crippen LogP contribution in [0.2, 0.25) is 0 Å². The lowest BCUT2D eigenvalue weighted by Gasteiger charge is -2.13. The third-order valence-electron chi connectivity index (χ3n) is 4.45. The predicted octanol–water partition coefficient (Wildman–Crippen LogP) is 4.21. The Morgan fingerprint density at radius 1 is 1.04 bits per heavy atom. The molecular weight excluding hydrogens is 356 g/mol. The number of rotatable bonds is 6. The van der Waals surface area contributed by atoms with Gasteiger partial charge in [-0.05, 0) is 31.5 Å². The van der Waals surface area contributed by atoms with Crippen molar-refractivity contribution in [2.45, 2.75) is 20.4 Å². The molecule has 0 spiro atoms. The van der Waals surface area contributed by atoms with Crippen LogP contribution in [0.5, 0.6) is 11.5 Å². The summed E-state index contributed by atoms with van der Waals surface area (Å²) < 4.78 is 12.4. The van der Waals surface area contributed by atoms with Gasteiger partial charge in [0.25, 0.3) is 0 Å². The first-order valence-corrected chi connectivity index (χ1v) is 8.89. The van der Waals surface area contributed by atoms with Gasteiger partial charge in [-0.3, -0.25) is 4.68 Å². The van der Waals surface area contributed by atoms with Gasteiger partial charge in [0.1, 0.15) is 11.5 Å². The van der Waals surface area contributed by atoms with Gasteiger partial charge in [0.05, 0.1) is 43.5 Å². The van der Waals surface area contributed by atoms with Crippen molar-refractivity contribution in [2.75, 3.05) is 24.9 Å². The minimum atomic E-state index is -0.378. The summed E-state index contributed by atoms with van der Waals surface area (Å²) in [6.45, 7) is 4.45. The number of aromatic nitrogens is 2. The van der Waals surface area contributed by atoms with Gasteiger partial charge < -0.3 is 20.1 Å². The monoisotopic (exact) mass is 380 g/mol. The summed E-state index contributed by atoms with van der Waals surface area (Å²) in [5, 5.41) is 10.3. The summed E-state index contributed by atoms with van der Waals surface area (Å²) in [4.78, 5) is 12.6. The molecule has 0 saturated carbocycles. The maximum Gasteiger partial charge on any atom is 0.323 e. The van der Waals surface area contributed by atoms with Crippen LogP contribution < -0.4 is 20.1 Å². The highest BCUT2D eigenvalue weighted by Crippen LogP contribution is 2.29. The summed E-state index contributed by atoms with van der Waals surface area (Å²) in [7, 11) is 3.12. The number of hydrogen-bond donors (Lipinski definition) is 2. The van der Waals surface area contributed by atoms with E-state index in [1.807, 2.05) is 48.9 Å². The molecule has 1 heterocycles. The first-order chi connectivity index (χ1) is 13.5. The Labute approximate surface area is 164 Å². The fourth-order valence-electron chi connectivity index (χ4n) is 2.97. The molecule has 146 valence electrons. The van der Waals surface area contributed by atoms with Gasteiger partial charge in [0.2, 0.25) is 0 Å². The van der Waals surface area contributed by atoms with Crippen molar-refractivity contribution in [3.05, 3.63) is 65.5 Å². The predicted molar refractivity (Wildman–Crippen MR) is 109 cm³/mol. The van der Waals surface area contributed by atoms with Crippen molar-refractivity contribution in [2.24, 2.45) is 0 Å². The highest BCUT2D eigenvalue weighted by molar-refractivity contribution is 6.01. The average Bonchev–Trinajstić information content (AvgIpc) is 2.96. The maximum atomic E-state index is 12.6. The van der Waals surface area contributed by atoms with Gasteiger partial charge in [0, 0.05) is 6.07 Å². The molecule has 2 amide bonds. The molecule has 0 saturated heterocycles. The zero-order chi connectivity index (χ0) is 20.1. The molecule has 0 bridgehead atoms. The van der Waals surface area contributed by atoms with Crippen LogP contribution in [0.25, 0.3) is 0 Å². The molecule has 0 unspecified atom stereocenters. The molecule has 7 heteroatoms. The number of amides is 2. The summed E-state index contributed by atoms with van der Waals surface area (Å²) in [5.41, 5.74) is 3.99. The van der Waals surface area contributed by atoms with E-state index in [0.29, 0.717) is 29.4 Å². The van der Waals surface area contributed by atoms with Gasteiger partial charge >= 0.3 is 6.03 Å². The number of carbonyl (C=O) groups excluding carboxylic acids is 1. The van der Waals surface area contributed by atoms with Gasteiger partial charge in [0.15, 0.2) is 0 Å². The molecule has 2 aromatic carbocycles. The SMILES string of the molecule is COc1ccc(OC)c(NC(=O)Nc2c(C)nn(Cc3ccccc3)c2C)c1. The number of urea groups is 1. The van der Waals surface area contributed by atoms with Crippen LogP contribution in [-0.2, 0) is 6.54 Å². The van der Waals surface area contributed by atoms with E-state index >= 15 is 0 Å². The van der Waals surface area contributed by atoms with Crippen molar-refractivity contribution in [3.63, 3.8) is 0 Å². The van der Waals surface area contributed by atoms with E-state index in [-0.39, 0.29) is 6.03 Å². The zero-order valence-corrected chi connectivity index (χ0v) is 16.4. The number of aryl methyl sites for hydroxylation is 1.